The van der Waals surface area contributed by atoms with E-state index in [0.29, 0.717) is 5.92 Å². The number of nitrogens with zero attached hydrogens (tertiary/aromatic N) is 5. The van der Waals surface area contributed by atoms with Crippen LogP contribution in [0.3, 0.4) is 0 Å². The van der Waals surface area contributed by atoms with Crippen molar-refractivity contribution in [2.45, 2.75) is 44.6 Å². The zero-order valence-electron chi connectivity index (χ0n) is 12.9. The number of likely N-dealkylation sites (tertiary alicyclic amines) is 2. The molecule has 1 unspecified atom stereocenters. The second-order valence-corrected chi connectivity index (χ2v) is 6.47. The lowest BCUT2D eigenvalue weighted by molar-refractivity contribution is 0.213. The van der Waals surface area contributed by atoms with Gasteiger partial charge in [0.05, 0.1) is 6.54 Å². The van der Waals surface area contributed by atoms with Gasteiger partial charge in [0.1, 0.15) is 11.6 Å². The van der Waals surface area contributed by atoms with Crippen LogP contribution in [0.4, 0.5) is 0 Å². The highest BCUT2D eigenvalue weighted by Crippen LogP contribution is 2.25. The highest BCUT2D eigenvalue weighted by atomic mass is 15.3. The van der Waals surface area contributed by atoms with Crippen LogP contribution in [0.5, 0.6) is 0 Å². The second kappa shape index (κ2) is 6.22. The first-order valence-corrected chi connectivity index (χ1v) is 8.03. The van der Waals surface area contributed by atoms with E-state index in [1.165, 1.54) is 57.6 Å². The summed E-state index contributed by atoms with van der Waals surface area (Å²) in [5, 5.41) is 8.96. The molecule has 20 heavy (non-hydrogen) atoms. The van der Waals surface area contributed by atoms with Gasteiger partial charge < -0.3 is 9.47 Å². The largest absolute Gasteiger partial charge is 0.317 e. The van der Waals surface area contributed by atoms with Crippen molar-refractivity contribution < 1.29 is 0 Å². The SMILES string of the molecule is CN1CCCC(c2nnc(CN3CCCCC3)n2C)C1. The van der Waals surface area contributed by atoms with Gasteiger partial charge in [0.2, 0.25) is 0 Å². The summed E-state index contributed by atoms with van der Waals surface area (Å²) in [6, 6.07) is 0. The molecule has 3 rings (SSSR count). The summed E-state index contributed by atoms with van der Waals surface area (Å²) < 4.78 is 2.25. The van der Waals surface area contributed by atoms with Crippen LogP contribution in [0, 0.1) is 0 Å². The van der Waals surface area contributed by atoms with Crippen LogP contribution in [0.1, 0.15) is 49.7 Å². The lowest BCUT2D eigenvalue weighted by Crippen LogP contribution is -2.32. The molecule has 112 valence electrons. The Kier molecular flexibility index (Phi) is 4.36. The Morgan fingerprint density at radius 2 is 1.80 bits per heavy atom. The fourth-order valence-electron chi connectivity index (χ4n) is 3.56. The molecule has 0 N–H and O–H groups in total. The summed E-state index contributed by atoms with van der Waals surface area (Å²) in [5.74, 6) is 2.88. The van der Waals surface area contributed by atoms with Crippen LogP contribution in [0.2, 0.25) is 0 Å². The maximum atomic E-state index is 4.50. The van der Waals surface area contributed by atoms with Crippen molar-refractivity contribution in [1.29, 1.82) is 0 Å². The Labute approximate surface area is 122 Å². The van der Waals surface area contributed by atoms with Gasteiger partial charge in [0.15, 0.2) is 0 Å². The zero-order chi connectivity index (χ0) is 13.9. The third-order valence-corrected chi connectivity index (χ3v) is 4.80. The lowest BCUT2D eigenvalue weighted by atomic mass is 9.98. The molecule has 0 spiro atoms. The van der Waals surface area contributed by atoms with Gasteiger partial charge in [-0.25, -0.2) is 0 Å². The minimum absolute atomic E-state index is 0.557. The minimum Gasteiger partial charge on any atom is -0.317 e. The average molecular weight is 277 g/mol. The summed E-state index contributed by atoms with van der Waals surface area (Å²) in [7, 11) is 4.35. The summed E-state index contributed by atoms with van der Waals surface area (Å²) in [4.78, 5) is 4.93. The van der Waals surface area contributed by atoms with E-state index >= 15 is 0 Å². The molecule has 0 aromatic carbocycles. The van der Waals surface area contributed by atoms with Gasteiger partial charge in [0, 0.05) is 19.5 Å². The van der Waals surface area contributed by atoms with E-state index in [2.05, 4.69) is 38.7 Å². The standard InChI is InChI=1S/C15H27N5/c1-18-8-6-7-13(11-18)15-17-16-14(19(15)2)12-20-9-4-3-5-10-20/h13H,3-12H2,1-2H3. The normalized spacial score (nSPS) is 26.0. The molecule has 1 atom stereocenters. The fraction of sp³-hybridized carbons (Fsp3) is 0.867. The highest BCUT2D eigenvalue weighted by molar-refractivity contribution is 5.04. The van der Waals surface area contributed by atoms with Crippen molar-refractivity contribution in [2.24, 2.45) is 7.05 Å². The number of rotatable bonds is 3. The maximum Gasteiger partial charge on any atom is 0.146 e. The van der Waals surface area contributed by atoms with E-state index in [4.69, 9.17) is 0 Å². The third kappa shape index (κ3) is 3.04. The summed E-state index contributed by atoms with van der Waals surface area (Å²) in [6.07, 6.45) is 6.57. The molecular weight excluding hydrogens is 250 g/mol. The smallest absolute Gasteiger partial charge is 0.146 e. The number of hydrogen-bond acceptors (Lipinski definition) is 4. The van der Waals surface area contributed by atoms with Crippen LogP contribution in [0.15, 0.2) is 0 Å². The molecule has 0 radical (unpaired) electrons. The molecule has 0 amide bonds. The fourth-order valence-corrected chi connectivity index (χ4v) is 3.56. The van der Waals surface area contributed by atoms with Gasteiger partial charge in [-0.1, -0.05) is 6.42 Å². The van der Waals surface area contributed by atoms with Gasteiger partial charge in [-0.3, -0.25) is 4.90 Å². The van der Waals surface area contributed by atoms with Crippen LogP contribution in [0.25, 0.3) is 0 Å². The Balaban J connectivity index is 1.67. The molecule has 2 aliphatic heterocycles. The van der Waals surface area contributed by atoms with Crippen LogP contribution < -0.4 is 0 Å². The molecule has 5 nitrogen and oxygen atoms in total. The Morgan fingerprint density at radius 1 is 1.00 bits per heavy atom. The summed E-state index contributed by atoms with van der Waals surface area (Å²) in [5.41, 5.74) is 0. The topological polar surface area (TPSA) is 37.2 Å². The van der Waals surface area contributed by atoms with Crippen molar-refractivity contribution in [3.63, 3.8) is 0 Å². The highest BCUT2D eigenvalue weighted by Gasteiger charge is 2.24. The van der Waals surface area contributed by atoms with E-state index in [9.17, 15) is 0 Å². The number of piperidine rings is 2. The molecule has 0 bridgehead atoms. The Morgan fingerprint density at radius 3 is 2.55 bits per heavy atom. The van der Waals surface area contributed by atoms with Crippen molar-refractivity contribution >= 4 is 0 Å². The first-order valence-electron chi connectivity index (χ1n) is 8.03. The molecular formula is C15H27N5. The van der Waals surface area contributed by atoms with Crippen LogP contribution >= 0.6 is 0 Å². The van der Waals surface area contributed by atoms with E-state index in [1.54, 1.807) is 0 Å². The Bertz CT molecular complexity index is 435. The minimum atomic E-state index is 0.557. The molecule has 3 heterocycles. The molecule has 1 aromatic heterocycles. The van der Waals surface area contributed by atoms with Crippen LogP contribution in [-0.4, -0.2) is 57.8 Å². The zero-order valence-corrected chi connectivity index (χ0v) is 12.9. The van der Waals surface area contributed by atoms with E-state index < -0.39 is 0 Å². The van der Waals surface area contributed by atoms with Crippen LogP contribution in [-0.2, 0) is 13.6 Å². The van der Waals surface area contributed by atoms with Crippen molar-refractivity contribution in [3.8, 4) is 0 Å². The average Bonchev–Trinajstić information content (AvgIpc) is 2.81. The molecule has 1 aromatic rings. The summed E-state index contributed by atoms with van der Waals surface area (Å²) >= 11 is 0. The van der Waals surface area contributed by atoms with Crippen molar-refractivity contribution in [1.82, 2.24) is 24.6 Å². The predicted molar refractivity (Wildman–Crippen MR) is 79.6 cm³/mol. The molecule has 0 aliphatic carbocycles. The third-order valence-electron chi connectivity index (χ3n) is 4.80. The number of hydrogen-bond donors (Lipinski definition) is 0. The van der Waals surface area contributed by atoms with Gasteiger partial charge in [-0.15, -0.1) is 10.2 Å². The first kappa shape index (κ1) is 14.0. The van der Waals surface area contributed by atoms with Crippen molar-refractivity contribution in [3.05, 3.63) is 11.6 Å². The monoisotopic (exact) mass is 277 g/mol. The van der Waals surface area contributed by atoms with E-state index in [1.807, 2.05) is 0 Å². The number of likely N-dealkylation sites (N-methyl/N-ethyl adjacent to an activating group) is 1. The quantitative estimate of drug-likeness (QED) is 0.841. The van der Waals surface area contributed by atoms with Gasteiger partial charge in [-0.2, -0.15) is 0 Å². The Hall–Kier alpha value is -0.940. The molecule has 0 saturated carbocycles. The molecule has 2 aliphatic rings. The predicted octanol–water partition coefficient (Wildman–Crippen LogP) is 1.61. The van der Waals surface area contributed by atoms with Gasteiger partial charge >= 0.3 is 0 Å². The molecule has 2 saturated heterocycles. The van der Waals surface area contributed by atoms with Gasteiger partial charge in [-0.05, 0) is 52.4 Å². The molecule has 2 fully saturated rings. The number of aromatic nitrogens is 3. The lowest BCUT2D eigenvalue weighted by Gasteiger charge is -2.29. The molecule has 5 heteroatoms. The summed E-state index contributed by atoms with van der Waals surface area (Å²) in [6.45, 7) is 5.74. The van der Waals surface area contributed by atoms with E-state index in [-0.39, 0.29) is 0 Å². The second-order valence-electron chi connectivity index (χ2n) is 6.47. The first-order chi connectivity index (χ1) is 9.74. The maximum absolute atomic E-state index is 4.50. The van der Waals surface area contributed by atoms with Crippen molar-refractivity contribution in [2.75, 3.05) is 33.2 Å². The van der Waals surface area contributed by atoms with E-state index in [0.717, 1.165) is 18.9 Å². The van der Waals surface area contributed by atoms with Gasteiger partial charge in [0.25, 0.3) is 0 Å².